The second-order valence-corrected chi connectivity index (χ2v) is 7.53. The normalized spacial score (nSPS) is 15.9. The summed E-state index contributed by atoms with van der Waals surface area (Å²) in [6.07, 6.45) is -1.41. The smallest absolute Gasteiger partial charge is 0.339 e. The standard InChI is InChI=1S/C18H14Cl2N6O5S/c19-11-6-5-8(7-12(11)20)22-16(27)13(24-25-18(32)23-21)14(26(29)30)15-9-3-1-2-4-10(9)17(28)31-15/h1-7,14-15H,21H2,(H,22,27)(H2,23,25,32)/b24-13+/t14-,15+/m1/s1. The summed E-state index contributed by atoms with van der Waals surface area (Å²) in [5, 5.41) is 18.4. The molecule has 1 aliphatic rings. The van der Waals surface area contributed by atoms with E-state index in [0.717, 1.165) is 0 Å². The van der Waals surface area contributed by atoms with E-state index in [1.54, 1.807) is 12.1 Å². The number of hydrazine groups is 1. The summed E-state index contributed by atoms with van der Waals surface area (Å²) in [7, 11) is 0. The van der Waals surface area contributed by atoms with Crippen LogP contribution in [-0.4, -0.2) is 33.7 Å². The van der Waals surface area contributed by atoms with Gasteiger partial charge in [0, 0.05) is 16.2 Å². The zero-order valence-corrected chi connectivity index (χ0v) is 18.2. The molecule has 5 N–H and O–H groups in total. The highest BCUT2D eigenvalue weighted by Gasteiger charge is 2.48. The molecule has 0 saturated carbocycles. The molecule has 0 fully saturated rings. The minimum atomic E-state index is -1.88. The van der Waals surface area contributed by atoms with Crippen molar-refractivity contribution in [1.82, 2.24) is 10.9 Å². The van der Waals surface area contributed by atoms with Crippen LogP contribution in [0, 0.1) is 10.1 Å². The number of anilines is 1. The summed E-state index contributed by atoms with van der Waals surface area (Å²) in [5.74, 6) is 3.44. The second-order valence-electron chi connectivity index (χ2n) is 6.31. The van der Waals surface area contributed by atoms with E-state index in [4.69, 9.17) is 46.0 Å². The first-order valence-electron chi connectivity index (χ1n) is 8.77. The summed E-state index contributed by atoms with van der Waals surface area (Å²) in [5.41, 5.74) is 4.28. The van der Waals surface area contributed by atoms with Crippen LogP contribution < -0.4 is 22.0 Å². The van der Waals surface area contributed by atoms with Gasteiger partial charge in [0.2, 0.25) is 16.9 Å². The van der Waals surface area contributed by atoms with E-state index in [1.807, 2.05) is 0 Å². The van der Waals surface area contributed by atoms with Gasteiger partial charge in [-0.25, -0.2) is 10.6 Å². The number of nitro groups is 1. The first-order valence-corrected chi connectivity index (χ1v) is 9.93. The number of fused-ring (bicyclic) bond motifs is 1. The zero-order chi connectivity index (χ0) is 23.4. The van der Waals surface area contributed by atoms with E-state index in [0.29, 0.717) is 0 Å². The highest BCUT2D eigenvalue weighted by molar-refractivity contribution is 7.80. The molecule has 32 heavy (non-hydrogen) atoms. The average Bonchev–Trinajstić information content (AvgIpc) is 3.09. The molecule has 0 bridgehead atoms. The fourth-order valence-electron chi connectivity index (χ4n) is 2.93. The van der Waals surface area contributed by atoms with Crippen molar-refractivity contribution in [2.24, 2.45) is 10.9 Å². The van der Waals surface area contributed by atoms with E-state index in [1.165, 1.54) is 30.3 Å². The zero-order valence-electron chi connectivity index (χ0n) is 15.9. The number of hydrazone groups is 1. The highest BCUT2D eigenvalue weighted by Crippen LogP contribution is 2.35. The molecule has 0 unspecified atom stereocenters. The molecule has 2 atom stereocenters. The quantitative estimate of drug-likeness (QED) is 0.117. The van der Waals surface area contributed by atoms with Crippen LogP contribution in [0.4, 0.5) is 5.69 Å². The second kappa shape index (κ2) is 9.87. The molecule has 3 rings (SSSR count). The Hall–Kier alpha value is -3.32. The molecule has 0 aromatic heterocycles. The minimum absolute atomic E-state index is 0.152. The van der Waals surface area contributed by atoms with Gasteiger partial charge in [0.15, 0.2) is 0 Å². The molecule has 1 aliphatic heterocycles. The maximum absolute atomic E-state index is 13.0. The van der Waals surface area contributed by atoms with Crippen LogP contribution in [0.25, 0.3) is 0 Å². The number of nitrogens with zero attached hydrogens (tertiary/aromatic N) is 2. The van der Waals surface area contributed by atoms with E-state index >= 15 is 0 Å². The number of cyclic esters (lactones) is 1. The third-order valence-electron chi connectivity index (χ3n) is 4.33. The number of nitrogens with one attached hydrogen (secondary N) is 3. The van der Waals surface area contributed by atoms with Crippen LogP contribution in [0.2, 0.25) is 10.0 Å². The third-order valence-corrected chi connectivity index (χ3v) is 5.28. The number of ether oxygens (including phenoxy) is 1. The Morgan fingerprint density at radius 3 is 2.62 bits per heavy atom. The van der Waals surface area contributed by atoms with Gasteiger partial charge in [-0.2, -0.15) is 5.10 Å². The lowest BCUT2D eigenvalue weighted by molar-refractivity contribution is -0.514. The number of hydrogen-bond acceptors (Lipinski definition) is 8. The molecule has 166 valence electrons. The van der Waals surface area contributed by atoms with E-state index in [2.05, 4.69) is 21.3 Å². The molecule has 11 nitrogen and oxygen atoms in total. The fraction of sp³-hybridized carbons (Fsp3) is 0.111. The molecule has 0 saturated heterocycles. The summed E-state index contributed by atoms with van der Waals surface area (Å²) in [4.78, 5) is 36.4. The summed E-state index contributed by atoms with van der Waals surface area (Å²) in [6, 6.07) is 8.48. The van der Waals surface area contributed by atoms with Crippen molar-refractivity contribution in [3.8, 4) is 0 Å². The van der Waals surface area contributed by atoms with Crippen LogP contribution in [0.1, 0.15) is 22.0 Å². The van der Waals surface area contributed by atoms with Gasteiger partial charge in [0.25, 0.3) is 5.91 Å². The third kappa shape index (κ3) is 4.94. The van der Waals surface area contributed by atoms with Crippen LogP contribution in [-0.2, 0) is 9.53 Å². The SMILES string of the molecule is NNC(=S)N/N=C(/C(=O)Nc1ccc(Cl)c(Cl)c1)[C@H]([C@H]1OC(=O)c2ccccc21)[N+](=O)[O-]. The monoisotopic (exact) mass is 496 g/mol. The van der Waals surface area contributed by atoms with Gasteiger partial charge in [-0.05, 0) is 36.5 Å². The lowest BCUT2D eigenvalue weighted by Gasteiger charge is -2.18. The Balaban J connectivity index is 2.01. The molecule has 0 radical (unpaired) electrons. The van der Waals surface area contributed by atoms with E-state index in [-0.39, 0.29) is 32.0 Å². The van der Waals surface area contributed by atoms with Crippen molar-refractivity contribution in [3.05, 3.63) is 73.8 Å². The Bertz CT molecular complexity index is 1140. The van der Waals surface area contributed by atoms with Crippen molar-refractivity contribution in [1.29, 1.82) is 0 Å². The highest BCUT2D eigenvalue weighted by atomic mass is 35.5. The number of carbonyl (C=O) groups is 2. The number of hydrogen-bond donors (Lipinski definition) is 4. The van der Waals surface area contributed by atoms with Crippen molar-refractivity contribution in [2.45, 2.75) is 12.1 Å². The van der Waals surface area contributed by atoms with Gasteiger partial charge < -0.3 is 10.1 Å². The molecule has 0 aliphatic carbocycles. The van der Waals surface area contributed by atoms with Crippen LogP contribution >= 0.6 is 35.4 Å². The number of rotatable bonds is 6. The van der Waals surface area contributed by atoms with Gasteiger partial charge in [0.1, 0.15) is 0 Å². The largest absolute Gasteiger partial charge is 0.446 e. The Labute approximate surface area is 196 Å². The van der Waals surface area contributed by atoms with Crippen molar-refractivity contribution in [2.75, 3.05) is 5.32 Å². The van der Waals surface area contributed by atoms with Crippen molar-refractivity contribution < 1.29 is 19.2 Å². The first kappa shape index (κ1) is 23.3. The fourth-order valence-corrected chi connectivity index (χ4v) is 3.27. The molecule has 2 aromatic carbocycles. The predicted molar refractivity (Wildman–Crippen MR) is 121 cm³/mol. The van der Waals surface area contributed by atoms with Gasteiger partial charge in [-0.3, -0.25) is 25.8 Å². The van der Waals surface area contributed by atoms with Gasteiger partial charge in [-0.1, -0.05) is 41.4 Å². The number of nitrogens with two attached hydrogens (primary N) is 1. The molecule has 0 spiro atoms. The number of benzene rings is 2. The van der Waals surface area contributed by atoms with Gasteiger partial charge >= 0.3 is 12.0 Å². The summed E-state index contributed by atoms with van der Waals surface area (Å²) in [6.45, 7) is 0. The van der Waals surface area contributed by atoms with E-state index in [9.17, 15) is 19.7 Å². The number of thiocarbonyl (C=S) groups is 1. The van der Waals surface area contributed by atoms with Crippen LogP contribution in [0.15, 0.2) is 47.6 Å². The maximum Gasteiger partial charge on any atom is 0.339 e. The van der Waals surface area contributed by atoms with Gasteiger partial charge in [-0.15, -0.1) is 0 Å². The average molecular weight is 497 g/mol. The Kier molecular flexibility index (Phi) is 7.20. The summed E-state index contributed by atoms with van der Waals surface area (Å²) >= 11 is 16.6. The predicted octanol–water partition coefficient (Wildman–Crippen LogP) is 2.18. The minimum Gasteiger partial charge on any atom is -0.446 e. The number of halogens is 2. The number of esters is 1. The van der Waals surface area contributed by atoms with Crippen LogP contribution in [0.3, 0.4) is 0 Å². The number of amides is 1. The molecule has 2 aromatic rings. The molecule has 14 heteroatoms. The van der Waals surface area contributed by atoms with Crippen LogP contribution in [0.5, 0.6) is 0 Å². The van der Waals surface area contributed by atoms with Crippen molar-refractivity contribution >= 4 is 63.8 Å². The van der Waals surface area contributed by atoms with E-state index < -0.39 is 34.7 Å². The summed E-state index contributed by atoms with van der Waals surface area (Å²) < 4.78 is 5.22. The molecule has 1 heterocycles. The van der Waals surface area contributed by atoms with Crippen molar-refractivity contribution in [3.63, 3.8) is 0 Å². The topological polar surface area (TPSA) is 161 Å². The first-order chi connectivity index (χ1) is 15.2. The molecule has 1 amide bonds. The Morgan fingerprint density at radius 1 is 1.25 bits per heavy atom. The lowest BCUT2D eigenvalue weighted by atomic mass is 9.96. The Morgan fingerprint density at radius 2 is 1.97 bits per heavy atom. The number of carbonyl (C=O) groups excluding carboxylic acids is 2. The molecular weight excluding hydrogens is 483 g/mol. The lowest BCUT2D eigenvalue weighted by Crippen LogP contribution is -2.45. The maximum atomic E-state index is 13.0. The van der Waals surface area contributed by atoms with Gasteiger partial charge in [0.05, 0.1) is 15.6 Å². The molecular formula is C18H14Cl2N6O5S.